The summed E-state index contributed by atoms with van der Waals surface area (Å²) < 4.78 is 39.9. The molecular formula is C29H36N2O10. The predicted octanol–water partition coefficient (Wildman–Crippen LogP) is 2.83. The number of nitrogens with zero attached hydrogens (tertiary/aromatic N) is 1. The number of para-hydroxylation sites is 1. The van der Waals surface area contributed by atoms with Crippen molar-refractivity contribution in [2.24, 2.45) is 0 Å². The van der Waals surface area contributed by atoms with E-state index in [1.165, 1.54) is 26.3 Å². The fraction of sp³-hybridized carbons (Fsp3) is 0.517. The van der Waals surface area contributed by atoms with Crippen LogP contribution in [0.3, 0.4) is 0 Å². The maximum absolute atomic E-state index is 13.3. The molecule has 1 saturated heterocycles. The molecule has 1 N–H and O–H groups in total. The molecule has 0 bridgehead atoms. The van der Waals surface area contributed by atoms with E-state index in [0.29, 0.717) is 5.75 Å². The number of pyridine rings is 1. The normalized spacial score (nSPS) is 23.3. The Morgan fingerprint density at radius 3 is 2.56 bits per heavy atom. The van der Waals surface area contributed by atoms with Crippen molar-refractivity contribution >= 4 is 17.8 Å². The number of benzene rings is 1. The van der Waals surface area contributed by atoms with E-state index in [4.69, 9.17) is 33.2 Å². The van der Waals surface area contributed by atoms with Gasteiger partial charge in [0.25, 0.3) is 5.91 Å². The molecule has 1 amide bonds. The van der Waals surface area contributed by atoms with E-state index in [0.717, 1.165) is 25.7 Å². The molecule has 2 aromatic rings. The van der Waals surface area contributed by atoms with Crippen LogP contribution in [0, 0.1) is 0 Å². The summed E-state index contributed by atoms with van der Waals surface area (Å²) in [6.45, 7) is 2.43. The van der Waals surface area contributed by atoms with Gasteiger partial charge in [-0.15, -0.1) is 0 Å². The molecule has 12 nitrogen and oxygen atoms in total. The van der Waals surface area contributed by atoms with Crippen LogP contribution >= 0.6 is 0 Å². The summed E-state index contributed by atoms with van der Waals surface area (Å²) in [5, 5.41) is 2.62. The Kier molecular flexibility index (Phi) is 10.7. The zero-order valence-corrected chi connectivity index (χ0v) is 23.4. The highest BCUT2D eigenvalue weighted by atomic mass is 16.7. The Hall–Kier alpha value is -3.90. The molecular weight excluding hydrogens is 536 g/mol. The number of carbonyl (C=O) groups excluding carboxylic acids is 3. The lowest BCUT2D eigenvalue weighted by atomic mass is 10.1. The van der Waals surface area contributed by atoms with Gasteiger partial charge < -0.3 is 38.5 Å². The highest BCUT2D eigenvalue weighted by molar-refractivity contribution is 5.98. The largest absolute Gasteiger partial charge is 0.493 e. The first-order valence-corrected chi connectivity index (χ1v) is 13.6. The minimum absolute atomic E-state index is 0.0548. The van der Waals surface area contributed by atoms with Crippen LogP contribution in [0.15, 0.2) is 42.6 Å². The van der Waals surface area contributed by atoms with E-state index < -0.39 is 49.0 Å². The lowest BCUT2D eigenvalue weighted by molar-refractivity contribution is -0.161. The van der Waals surface area contributed by atoms with Gasteiger partial charge in [-0.05, 0) is 31.9 Å². The fourth-order valence-electron chi connectivity index (χ4n) is 4.71. The summed E-state index contributed by atoms with van der Waals surface area (Å²) in [6.07, 6.45) is 3.57. The van der Waals surface area contributed by atoms with E-state index in [9.17, 15) is 14.4 Å². The number of ether oxygens (including phenoxy) is 7. The first-order valence-electron chi connectivity index (χ1n) is 13.6. The third-order valence-corrected chi connectivity index (χ3v) is 6.74. The summed E-state index contributed by atoms with van der Waals surface area (Å²) in [4.78, 5) is 41.8. The van der Waals surface area contributed by atoms with Gasteiger partial charge in [0.15, 0.2) is 29.3 Å². The summed E-state index contributed by atoms with van der Waals surface area (Å²) in [7, 11) is 1.39. The Balaban J connectivity index is 1.51. The highest BCUT2D eigenvalue weighted by Crippen LogP contribution is 2.30. The van der Waals surface area contributed by atoms with Gasteiger partial charge in [0.05, 0.1) is 26.4 Å². The molecule has 2 heterocycles. The van der Waals surface area contributed by atoms with E-state index in [1.807, 2.05) is 30.3 Å². The molecule has 1 saturated carbocycles. The molecule has 0 unspecified atom stereocenters. The molecule has 4 atom stereocenters. The Morgan fingerprint density at radius 1 is 1.10 bits per heavy atom. The second-order valence-corrected chi connectivity index (χ2v) is 9.77. The third-order valence-electron chi connectivity index (χ3n) is 6.74. The van der Waals surface area contributed by atoms with Crippen LogP contribution in [0.2, 0.25) is 0 Å². The Bertz CT molecular complexity index is 1170. The van der Waals surface area contributed by atoms with Gasteiger partial charge in [-0.3, -0.25) is 9.59 Å². The van der Waals surface area contributed by atoms with Crippen molar-refractivity contribution in [3.05, 3.63) is 48.3 Å². The van der Waals surface area contributed by atoms with Crippen molar-refractivity contribution in [2.45, 2.75) is 70.0 Å². The van der Waals surface area contributed by atoms with Crippen LogP contribution in [0.25, 0.3) is 0 Å². The van der Waals surface area contributed by atoms with Crippen molar-refractivity contribution < 1.29 is 47.5 Å². The molecule has 1 aromatic carbocycles. The maximum atomic E-state index is 13.3. The molecule has 222 valence electrons. The molecule has 1 aromatic heterocycles. The molecule has 4 rings (SSSR count). The number of amides is 1. The Labute approximate surface area is 238 Å². The maximum Gasteiger partial charge on any atom is 0.331 e. The quantitative estimate of drug-likeness (QED) is 0.332. The van der Waals surface area contributed by atoms with Gasteiger partial charge in [0.2, 0.25) is 6.79 Å². The number of esters is 2. The number of hydrogen-bond acceptors (Lipinski definition) is 11. The number of hydrogen-bond donors (Lipinski definition) is 1. The second-order valence-electron chi connectivity index (χ2n) is 9.77. The van der Waals surface area contributed by atoms with Crippen LogP contribution in [0.1, 0.15) is 50.0 Å². The molecule has 2 aliphatic rings. The van der Waals surface area contributed by atoms with Gasteiger partial charge >= 0.3 is 11.9 Å². The van der Waals surface area contributed by atoms with Gasteiger partial charge in [-0.2, -0.15) is 0 Å². The molecule has 12 heteroatoms. The number of nitrogens with one attached hydrogen (secondary N) is 1. The summed E-state index contributed by atoms with van der Waals surface area (Å²) in [5.41, 5.74) is -0.176. The van der Waals surface area contributed by atoms with E-state index in [1.54, 1.807) is 6.92 Å². The van der Waals surface area contributed by atoms with Crippen LogP contribution < -0.4 is 19.5 Å². The van der Waals surface area contributed by atoms with Gasteiger partial charge in [0.1, 0.15) is 18.0 Å². The average molecular weight is 573 g/mol. The standard InChI is InChI=1S/C29H36N2O10/c1-18-26(41-21-9-5-4-6-10-21)24(40-20-11-7-8-12-20)16-36-15-22(29(34)39-18)31-28(33)25-27(38-17-37-19(2)32)23(35-3)13-14-30-25/h4-6,9-10,13-14,18,20,22,24,26H,7-8,11-12,15-17H2,1-3H3,(H,31,33)/t18-,22-,24-,26-/m0/s1. The zero-order chi connectivity index (χ0) is 29.2. The van der Waals surface area contributed by atoms with E-state index in [2.05, 4.69) is 10.3 Å². The number of carbonyl (C=O) groups is 3. The van der Waals surface area contributed by atoms with Crippen molar-refractivity contribution in [3.8, 4) is 17.2 Å². The molecule has 1 aliphatic carbocycles. The summed E-state index contributed by atoms with van der Waals surface area (Å²) >= 11 is 0. The SMILES string of the molecule is COc1ccnc(C(=O)N[C@H]2COC[C@H](OC3CCCC3)[C@@H](Oc3ccccc3)[C@H](C)OC2=O)c1OCOC(C)=O. The number of methoxy groups -OCH3 is 1. The van der Waals surface area contributed by atoms with Crippen molar-refractivity contribution in [3.63, 3.8) is 0 Å². The topological polar surface area (TPSA) is 141 Å². The first-order chi connectivity index (χ1) is 19.9. The van der Waals surface area contributed by atoms with Crippen molar-refractivity contribution in [2.75, 3.05) is 27.1 Å². The van der Waals surface area contributed by atoms with Crippen molar-refractivity contribution in [1.82, 2.24) is 10.3 Å². The number of rotatable bonds is 10. The van der Waals surface area contributed by atoms with Gasteiger partial charge in [-0.25, -0.2) is 9.78 Å². The van der Waals surface area contributed by atoms with Gasteiger partial charge in [-0.1, -0.05) is 31.0 Å². The minimum Gasteiger partial charge on any atom is -0.493 e. The molecule has 0 spiro atoms. The van der Waals surface area contributed by atoms with Gasteiger partial charge in [0, 0.05) is 19.2 Å². The summed E-state index contributed by atoms with van der Waals surface area (Å²) in [6, 6.07) is 9.55. The molecule has 2 fully saturated rings. The molecule has 41 heavy (non-hydrogen) atoms. The monoisotopic (exact) mass is 572 g/mol. The summed E-state index contributed by atoms with van der Waals surface area (Å²) in [5.74, 6) is -1.28. The zero-order valence-electron chi connectivity index (χ0n) is 23.4. The first kappa shape index (κ1) is 30.1. The average Bonchev–Trinajstić information content (AvgIpc) is 3.49. The van der Waals surface area contributed by atoms with Crippen molar-refractivity contribution in [1.29, 1.82) is 0 Å². The van der Waals surface area contributed by atoms with Crippen LogP contribution in [-0.2, 0) is 28.5 Å². The lowest BCUT2D eigenvalue weighted by Crippen LogP contribution is -2.48. The van der Waals surface area contributed by atoms with E-state index in [-0.39, 0.29) is 36.5 Å². The predicted molar refractivity (Wildman–Crippen MR) is 144 cm³/mol. The number of cyclic esters (lactones) is 1. The molecule has 0 radical (unpaired) electrons. The van der Waals surface area contributed by atoms with Crippen LogP contribution in [0.5, 0.6) is 17.2 Å². The smallest absolute Gasteiger partial charge is 0.331 e. The Morgan fingerprint density at radius 2 is 1.85 bits per heavy atom. The number of aromatic nitrogens is 1. The highest BCUT2D eigenvalue weighted by Gasteiger charge is 2.39. The second kappa shape index (κ2) is 14.6. The minimum atomic E-state index is -1.16. The third kappa shape index (κ3) is 8.30. The van der Waals surface area contributed by atoms with Crippen LogP contribution in [-0.4, -0.2) is 80.4 Å². The van der Waals surface area contributed by atoms with E-state index >= 15 is 0 Å². The lowest BCUT2D eigenvalue weighted by Gasteiger charge is -2.32. The fourth-order valence-corrected chi connectivity index (χ4v) is 4.71. The van der Waals surface area contributed by atoms with Crippen LogP contribution in [0.4, 0.5) is 0 Å². The molecule has 1 aliphatic heterocycles.